The van der Waals surface area contributed by atoms with E-state index in [0.717, 1.165) is 32.2 Å². The second-order valence-corrected chi connectivity index (χ2v) is 6.54. The molecule has 0 aromatic rings. The molecule has 1 aliphatic carbocycles. The topological polar surface area (TPSA) is 66.8 Å². The number of carbonyl (C=O) groups excluding carboxylic acids is 1. The summed E-state index contributed by atoms with van der Waals surface area (Å²) in [6, 6.07) is 0. The second kappa shape index (κ2) is 7.25. The lowest BCUT2D eigenvalue weighted by molar-refractivity contribution is -0.150. The van der Waals surface area contributed by atoms with Crippen molar-refractivity contribution in [3.63, 3.8) is 0 Å². The van der Waals surface area contributed by atoms with Gasteiger partial charge in [0.25, 0.3) is 0 Å². The number of nitrogens with zero attached hydrogens (tertiary/aromatic N) is 1. The zero-order valence-corrected chi connectivity index (χ0v) is 13.1. The molecule has 4 atom stereocenters. The molecule has 21 heavy (non-hydrogen) atoms. The van der Waals surface area contributed by atoms with Crippen molar-refractivity contribution in [2.24, 2.45) is 23.7 Å². The van der Waals surface area contributed by atoms with E-state index in [-0.39, 0.29) is 11.8 Å². The Hall–Kier alpha value is -1.10. The molecule has 4 unspecified atom stereocenters. The molecule has 2 fully saturated rings. The Balaban J connectivity index is 2.02. The molecule has 1 amide bonds. The number of methoxy groups -OCH3 is 1. The summed E-state index contributed by atoms with van der Waals surface area (Å²) in [5, 5.41) is 9.39. The first kappa shape index (κ1) is 16.3. The van der Waals surface area contributed by atoms with Crippen LogP contribution in [0.1, 0.15) is 39.0 Å². The second-order valence-electron chi connectivity index (χ2n) is 6.54. The van der Waals surface area contributed by atoms with Gasteiger partial charge in [-0.2, -0.15) is 0 Å². The summed E-state index contributed by atoms with van der Waals surface area (Å²) >= 11 is 0. The van der Waals surface area contributed by atoms with Crippen molar-refractivity contribution >= 4 is 11.9 Å². The van der Waals surface area contributed by atoms with E-state index >= 15 is 0 Å². The zero-order chi connectivity index (χ0) is 15.4. The lowest BCUT2D eigenvalue weighted by Crippen LogP contribution is -2.45. The van der Waals surface area contributed by atoms with Crippen LogP contribution in [0, 0.1) is 23.7 Å². The molecule has 1 saturated carbocycles. The van der Waals surface area contributed by atoms with Gasteiger partial charge < -0.3 is 14.7 Å². The van der Waals surface area contributed by atoms with Crippen molar-refractivity contribution in [3.05, 3.63) is 0 Å². The number of carboxylic acids is 1. The van der Waals surface area contributed by atoms with Crippen LogP contribution in [0.5, 0.6) is 0 Å². The maximum atomic E-state index is 12.7. The van der Waals surface area contributed by atoms with Gasteiger partial charge in [0, 0.05) is 20.2 Å². The number of amides is 1. The summed E-state index contributed by atoms with van der Waals surface area (Å²) in [4.78, 5) is 26.1. The first-order chi connectivity index (χ1) is 10.1. The number of hydrogen-bond acceptors (Lipinski definition) is 3. The lowest BCUT2D eigenvalue weighted by Gasteiger charge is -2.34. The van der Waals surface area contributed by atoms with Gasteiger partial charge in [-0.1, -0.05) is 13.3 Å². The van der Waals surface area contributed by atoms with E-state index in [9.17, 15) is 14.7 Å². The van der Waals surface area contributed by atoms with Crippen LogP contribution in [0.4, 0.5) is 0 Å². The van der Waals surface area contributed by atoms with Gasteiger partial charge in [-0.15, -0.1) is 0 Å². The maximum absolute atomic E-state index is 12.7. The molecule has 2 rings (SSSR count). The first-order valence-corrected chi connectivity index (χ1v) is 8.07. The molecule has 0 spiro atoms. The van der Waals surface area contributed by atoms with Crippen LogP contribution >= 0.6 is 0 Å². The molecule has 120 valence electrons. The van der Waals surface area contributed by atoms with Gasteiger partial charge in [0.1, 0.15) is 0 Å². The predicted octanol–water partition coefficient (Wildman–Crippen LogP) is 2.01. The minimum Gasteiger partial charge on any atom is -0.481 e. The van der Waals surface area contributed by atoms with Crippen LogP contribution in [0.25, 0.3) is 0 Å². The molecular formula is C16H27NO4. The Morgan fingerprint density at radius 2 is 1.95 bits per heavy atom. The summed E-state index contributed by atoms with van der Waals surface area (Å²) in [6.07, 6.45) is 4.42. The number of rotatable bonds is 5. The summed E-state index contributed by atoms with van der Waals surface area (Å²) in [7, 11) is 1.68. The number of likely N-dealkylation sites (tertiary alicyclic amines) is 1. The van der Waals surface area contributed by atoms with E-state index in [1.54, 1.807) is 7.11 Å². The summed E-state index contributed by atoms with van der Waals surface area (Å²) in [5.41, 5.74) is 0. The van der Waals surface area contributed by atoms with Crippen molar-refractivity contribution in [1.82, 2.24) is 4.90 Å². The van der Waals surface area contributed by atoms with Gasteiger partial charge in [-0.25, -0.2) is 0 Å². The van der Waals surface area contributed by atoms with E-state index in [2.05, 4.69) is 6.92 Å². The Kier molecular flexibility index (Phi) is 5.62. The third-order valence-corrected chi connectivity index (χ3v) is 5.11. The third kappa shape index (κ3) is 3.76. The first-order valence-electron chi connectivity index (χ1n) is 8.07. The van der Waals surface area contributed by atoms with Gasteiger partial charge >= 0.3 is 5.97 Å². The number of aliphatic carboxylic acids is 1. The van der Waals surface area contributed by atoms with Crippen molar-refractivity contribution in [2.45, 2.75) is 39.0 Å². The van der Waals surface area contributed by atoms with Crippen molar-refractivity contribution < 1.29 is 19.4 Å². The predicted molar refractivity (Wildman–Crippen MR) is 78.8 cm³/mol. The smallest absolute Gasteiger partial charge is 0.307 e. The molecule has 1 heterocycles. The van der Waals surface area contributed by atoms with Gasteiger partial charge in [-0.3, -0.25) is 9.59 Å². The van der Waals surface area contributed by atoms with Crippen LogP contribution in [-0.2, 0) is 14.3 Å². The van der Waals surface area contributed by atoms with Gasteiger partial charge in [-0.05, 0) is 37.5 Å². The highest BCUT2D eigenvalue weighted by molar-refractivity contribution is 5.85. The molecule has 5 heteroatoms. The molecule has 5 nitrogen and oxygen atoms in total. The lowest BCUT2D eigenvalue weighted by atomic mass is 9.92. The molecule has 2 aliphatic rings. The summed E-state index contributed by atoms with van der Waals surface area (Å²) in [6.45, 7) is 4.23. The van der Waals surface area contributed by atoms with Crippen LogP contribution in [0.3, 0.4) is 0 Å². The van der Waals surface area contributed by atoms with Gasteiger partial charge in [0.15, 0.2) is 0 Å². The normalized spacial score (nSPS) is 33.1. The quantitative estimate of drug-likeness (QED) is 0.843. The van der Waals surface area contributed by atoms with E-state index in [4.69, 9.17) is 4.74 Å². The maximum Gasteiger partial charge on any atom is 0.307 e. The monoisotopic (exact) mass is 297 g/mol. The molecule has 0 radical (unpaired) electrons. The Morgan fingerprint density at radius 1 is 1.24 bits per heavy atom. The van der Waals surface area contributed by atoms with Crippen LogP contribution in [-0.4, -0.2) is 48.7 Å². The summed E-state index contributed by atoms with van der Waals surface area (Å²) < 4.78 is 5.20. The molecule has 1 N–H and O–H groups in total. The number of piperidine rings is 1. The van der Waals surface area contributed by atoms with E-state index < -0.39 is 11.9 Å². The molecular weight excluding hydrogens is 270 g/mol. The van der Waals surface area contributed by atoms with Gasteiger partial charge in [0.05, 0.1) is 18.4 Å². The molecule has 1 saturated heterocycles. The number of hydrogen-bond donors (Lipinski definition) is 1. The highest BCUT2D eigenvalue weighted by atomic mass is 16.5. The molecule has 0 aromatic heterocycles. The molecule has 1 aliphatic heterocycles. The molecule has 0 bridgehead atoms. The van der Waals surface area contributed by atoms with E-state index in [0.29, 0.717) is 31.4 Å². The average molecular weight is 297 g/mol. The van der Waals surface area contributed by atoms with E-state index in [1.807, 2.05) is 4.90 Å². The fourth-order valence-electron chi connectivity index (χ4n) is 3.89. The minimum absolute atomic E-state index is 0.0548. The SMILES string of the molecule is CCC1CC(C(=O)O)C(C(=O)N2CCCC(COC)C2)C1. The highest BCUT2D eigenvalue weighted by Gasteiger charge is 2.44. The summed E-state index contributed by atoms with van der Waals surface area (Å²) in [5.74, 6) is -0.813. The minimum atomic E-state index is -0.810. The standard InChI is InChI=1S/C16H27NO4/c1-3-11-7-13(14(8-11)16(19)20)15(18)17-6-4-5-12(9-17)10-21-2/h11-14H,3-10H2,1-2H3,(H,19,20). The third-order valence-electron chi connectivity index (χ3n) is 5.11. The van der Waals surface area contributed by atoms with Gasteiger partial charge in [0.2, 0.25) is 5.91 Å². The Bertz CT molecular complexity index is 382. The highest BCUT2D eigenvalue weighted by Crippen LogP contribution is 2.39. The van der Waals surface area contributed by atoms with Crippen molar-refractivity contribution in [1.29, 1.82) is 0 Å². The van der Waals surface area contributed by atoms with Crippen LogP contribution < -0.4 is 0 Å². The fraction of sp³-hybridized carbons (Fsp3) is 0.875. The number of ether oxygens (including phenoxy) is 1. The average Bonchev–Trinajstić information content (AvgIpc) is 2.91. The Morgan fingerprint density at radius 3 is 2.57 bits per heavy atom. The van der Waals surface area contributed by atoms with Crippen LogP contribution in [0.2, 0.25) is 0 Å². The van der Waals surface area contributed by atoms with Crippen molar-refractivity contribution in [3.8, 4) is 0 Å². The van der Waals surface area contributed by atoms with Crippen molar-refractivity contribution in [2.75, 3.05) is 26.8 Å². The number of carboxylic acid groups (broad SMARTS) is 1. The zero-order valence-electron chi connectivity index (χ0n) is 13.1. The number of carbonyl (C=O) groups is 2. The Labute approximate surface area is 126 Å². The fourth-order valence-corrected chi connectivity index (χ4v) is 3.89. The van der Waals surface area contributed by atoms with E-state index in [1.165, 1.54) is 0 Å². The van der Waals surface area contributed by atoms with Crippen LogP contribution in [0.15, 0.2) is 0 Å². The molecule has 0 aromatic carbocycles. The largest absolute Gasteiger partial charge is 0.481 e.